The van der Waals surface area contributed by atoms with E-state index in [-0.39, 0.29) is 0 Å². The summed E-state index contributed by atoms with van der Waals surface area (Å²) in [5.74, 6) is -1.09. The number of aromatic nitrogens is 1. The molecular weight excluding hydrogens is 210 g/mol. The summed E-state index contributed by atoms with van der Waals surface area (Å²) in [6.45, 7) is 3.20. The van der Waals surface area contributed by atoms with E-state index in [1.54, 1.807) is 12.3 Å². The van der Waals surface area contributed by atoms with Crippen LogP contribution in [0.3, 0.4) is 0 Å². The minimum Gasteiger partial charge on any atom is -0.480 e. The maximum atomic E-state index is 11.4. The number of carboxylic acid groups (broad SMARTS) is 1. The average molecular weight is 223 g/mol. The highest BCUT2D eigenvalue weighted by Crippen LogP contribution is 2.10. The third-order valence-electron chi connectivity index (χ3n) is 2.01. The van der Waals surface area contributed by atoms with Crippen LogP contribution < -0.4 is 10.6 Å². The highest BCUT2D eigenvalue weighted by molar-refractivity contribution is 5.92. The number of pyridine rings is 1. The first-order valence-corrected chi connectivity index (χ1v) is 4.71. The summed E-state index contributed by atoms with van der Waals surface area (Å²) < 4.78 is 0. The predicted molar refractivity (Wildman–Crippen MR) is 58.2 cm³/mol. The molecule has 2 amide bonds. The molecule has 1 atom stereocenters. The zero-order valence-electron chi connectivity index (χ0n) is 9.02. The number of hydrogen-bond acceptors (Lipinski definition) is 3. The minimum atomic E-state index is -1.09. The third-order valence-corrected chi connectivity index (χ3v) is 2.01. The summed E-state index contributed by atoms with van der Waals surface area (Å²) in [6, 6.07) is 0.249. The molecule has 0 unspecified atom stereocenters. The van der Waals surface area contributed by atoms with E-state index < -0.39 is 18.0 Å². The maximum absolute atomic E-state index is 11.4. The fourth-order valence-electron chi connectivity index (χ4n) is 1.01. The van der Waals surface area contributed by atoms with Gasteiger partial charge in [-0.2, -0.15) is 0 Å². The van der Waals surface area contributed by atoms with Crippen LogP contribution in [0.25, 0.3) is 0 Å². The smallest absolute Gasteiger partial charge is 0.325 e. The van der Waals surface area contributed by atoms with Gasteiger partial charge in [-0.05, 0) is 25.5 Å². The van der Waals surface area contributed by atoms with Gasteiger partial charge >= 0.3 is 12.0 Å². The number of nitrogens with zero attached hydrogens (tertiary/aromatic N) is 1. The molecule has 86 valence electrons. The zero-order valence-corrected chi connectivity index (χ0v) is 9.02. The van der Waals surface area contributed by atoms with Crippen molar-refractivity contribution < 1.29 is 14.7 Å². The van der Waals surface area contributed by atoms with Crippen LogP contribution in [-0.4, -0.2) is 28.1 Å². The standard InChI is InChI=1S/C10H13N3O3/c1-6-3-4-11-5-8(6)13-10(16)12-7(2)9(14)15/h3-5,7H,1-2H3,(H,14,15)(H2,12,13,16)/t7-/m0/s1. The van der Waals surface area contributed by atoms with Crippen LogP contribution in [0.5, 0.6) is 0 Å². The summed E-state index contributed by atoms with van der Waals surface area (Å²) in [5, 5.41) is 13.4. The number of carbonyl (C=O) groups is 2. The molecule has 6 heteroatoms. The van der Waals surface area contributed by atoms with Gasteiger partial charge in [-0.15, -0.1) is 0 Å². The molecule has 1 aromatic heterocycles. The average Bonchev–Trinajstić information content (AvgIpc) is 2.21. The lowest BCUT2D eigenvalue weighted by molar-refractivity contribution is -0.138. The van der Waals surface area contributed by atoms with Crippen LogP contribution in [-0.2, 0) is 4.79 Å². The van der Waals surface area contributed by atoms with Crippen molar-refractivity contribution in [2.24, 2.45) is 0 Å². The molecule has 1 rings (SSSR count). The second-order valence-electron chi connectivity index (χ2n) is 3.35. The van der Waals surface area contributed by atoms with Gasteiger partial charge in [-0.25, -0.2) is 4.79 Å². The first-order valence-electron chi connectivity index (χ1n) is 4.71. The topological polar surface area (TPSA) is 91.3 Å². The van der Waals surface area contributed by atoms with Gasteiger partial charge in [0.2, 0.25) is 0 Å². The minimum absolute atomic E-state index is 0.553. The van der Waals surface area contributed by atoms with Gasteiger partial charge in [0.1, 0.15) is 6.04 Å². The van der Waals surface area contributed by atoms with E-state index >= 15 is 0 Å². The Morgan fingerprint density at radius 1 is 1.50 bits per heavy atom. The lowest BCUT2D eigenvalue weighted by atomic mass is 10.2. The molecule has 0 bridgehead atoms. The number of aryl methyl sites for hydroxylation is 1. The fourth-order valence-corrected chi connectivity index (χ4v) is 1.01. The van der Waals surface area contributed by atoms with Crippen molar-refractivity contribution >= 4 is 17.7 Å². The molecule has 16 heavy (non-hydrogen) atoms. The highest BCUT2D eigenvalue weighted by atomic mass is 16.4. The monoisotopic (exact) mass is 223 g/mol. The van der Waals surface area contributed by atoms with E-state index in [9.17, 15) is 9.59 Å². The molecule has 0 saturated heterocycles. The Hall–Kier alpha value is -2.11. The number of nitrogens with one attached hydrogen (secondary N) is 2. The number of anilines is 1. The van der Waals surface area contributed by atoms with Gasteiger partial charge in [0.15, 0.2) is 0 Å². The molecule has 0 saturated carbocycles. The first kappa shape index (κ1) is 12.0. The summed E-state index contributed by atoms with van der Waals surface area (Å²) in [5.41, 5.74) is 1.41. The fraction of sp³-hybridized carbons (Fsp3) is 0.300. The van der Waals surface area contributed by atoms with Crippen molar-refractivity contribution in [3.8, 4) is 0 Å². The Morgan fingerprint density at radius 3 is 2.75 bits per heavy atom. The van der Waals surface area contributed by atoms with Crippen molar-refractivity contribution in [3.63, 3.8) is 0 Å². The summed E-state index contributed by atoms with van der Waals surface area (Å²) in [6.07, 6.45) is 3.11. The molecule has 6 nitrogen and oxygen atoms in total. The molecule has 0 aliphatic carbocycles. The molecule has 1 aromatic rings. The van der Waals surface area contributed by atoms with Crippen molar-refractivity contribution in [1.82, 2.24) is 10.3 Å². The van der Waals surface area contributed by atoms with E-state index in [4.69, 9.17) is 5.11 Å². The lowest BCUT2D eigenvalue weighted by Crippen LogP contribution is -2.40. The number of carboxylic acids is 1. The van der Waals surface area contributed by atoms with Crippen LogP contribution in [0.1, 0.15) is 12.5 Å². The predicted octanol–water partition coefficient (Wildman–Crippen LogP) is 0.985. The van der Waals surface area contributed by atoms with Crippen molar-refractivity contribution in [1.29, 1.82) is 0 Å². The second-order valence-corrected chi connectivity index (χ2v) is 3.35. The van der Waals surface area contributed by atoms with Gasteiger partial charge < -0.3 is 15.7 Å². The molecule has 3 N–H and O–H groups in total. The number of rotatable bonds is 3. The maximum Gasteiger partial charge on any atom is 0.325 e. The van der Waals surface area contributed by atoms with Crippen LogP contribution in [0.2, 0.25) is 0 Å². The highest BCUT2D eigenvalue weighted by Gasteiger charge is 2.14. The van der Waals surface area contributed by atoms with E-state index in [1.807, 2.05) is 6.92 Å². The second kappa shape index (κ2) is 5.11. The summed E-state index contributed by atoms with van der Waals surface area (Å²) >= 11 is 0. The van der Waals surface area contributed by atoms with Crippen LogP contribution in [0, 0.1) is 6.92 Å². The quantitative estimate of drug-likeness (QED) is 0.712. The molecule has 0 fully saturated rings. The number of amides is 2. The first-order chi connectivity index (χ1) is 7.50. The van der Waals surface area contributed by atoms with E-state index in [0.29, 0.717) is 5.69 Å². The molecule has 0 aliphatic rings. The molecule has 0 aliphatic heterocycles. The lowest BCUT2D eigenvalue weighted by Gasteiger charge is -2.11. The molecule has 1 heterocycles. The summed E-state index contributed by atoms with van der Waals surface area (Å²) in [4.78, 5) is 25.7. The zero-order chi connectivity index (χ0) is 12.1. The van der Waals surface area contributed by atoms with Gasteiger partial charge in [0, 0.05) is 6.20 Å². The Bertz CT molecular complexity index is 406. The SMILES string of the molecule is Cc1ccncc1NC(=O)N[C@@H](C)C(=O)O. The molecular formula is C10H13N3O3. The number of hydrogen-bond donors (Lipinski definition) is 3. The Balaban J connectivity index is 2.59. The van der Waals surface area contributed by atoms with Crippen LogP contribution in [0.4, 0.5) is 10.5 Å². The number of carbonyl (C=O) groups excluding carboxylic acids is 1. The van der Waals surface area contributed by atoms with E-state index in [1.165, 1.54) is 13.1 Å². The van der Waals surface area contributed by atoms with Gasteiger partial charge in [-0.1, -0.05) is 0 Å². The van der Waals surface area contributed by atoms with E-state index in [2.05, 4.69) is 15.6 Å². The number of urea groups is 1. The molecule has 0 radical (unpaired) electrons. The Labute approximate surface area is 92.7 Å². The van der Waals surface area contributed by atoms with Crippen molar-refractivity contribution in [3.05, 3.63) is 24.0 Å². The number of aliphatic carboxylic acids is 1. The van der Waals surface area contributed by atoms with Gasteiger partial charge in [0.25, 0.3) is 0 Å². The van der Waals surface area contributed by atoms with Crippen molar-refractivity contribution in [2.45, 2.75) is 19.9 Å². The Morgan fingerprint density at radius 2 is 2.19 bits per heavy atom. The molecule has 0 aromatic carbocycles. The van der Waals surface area contributed by atoms with E-state index in [0.717, 1.165) is 5.56 Å². The Kier molecular flexibility index (Phi) is 3.82. The summed E-state index contributed by atoms with van der Waals surface area (Å²) in [7, 11) is 0. The largest absolute Gasteiger partial charge is 0.480 e. The van der Waals surface area contributed by atoms with Crippen molar-refractivity contribution in [2.75, 3.05) is 5.32 Å². The third kappa shape index (κ3) is 3.23. The van der Waals surface area contributed by atoms with Gasteiger partial charge in [-0.3, -0.25) is 9.78 Å². The van der Waals surface area contributed by atoms with Crippen LogP contribution in [0.15, 0.2) is 18.5 Å². The molecule has 0 spiro atoms. The van der Waals surface area contributed by atoms with Crippen LogP contribution >= 0.6 is 0 Å². The normalized spacial score (nSPS) is 11.6. The van der Waals surface area contributed by atoms with Gasteiger partial charge in [0.05, 0.1) is 11.9 Å².